The molecular formula is C10H17N3O2. The maximum Gasteiger partial charge on any atom is 0.329 e. The molecule has 1 rings (SSSR count). The normalized spacial score (nSPS) is 13.7. The molecule has 0 radical (unpaired) electrons. The fourth-order valence-electron chi connectivity index (χ4n) is 1.18. The first kappa shape index (κ1) is 11.7. The van der Waals surface area contributed by atoms with Gasteiger partial charge in [-0.2, -0.15) is 5.10 Å². The van der Waals surface area contributed by atoms with Gasteiger partial charge in [-0.25, -0.2) is 4.79 Å². The average molecular weight is 211 g/mol. The van der Waals surface area contributed by atoms with Crippen LogP contribution in [0.2, 0.25) is 0 Å². The van der Waals surface area contributed by atoms with Crippen molar-refractivity contribution in [3.8, 4) is 0 Å². The fraction of sp³-hybridized carbons (Fsp3) is 0.600. The zero-order valence-electron chi connectivity index (χ0n) is 9.52. The number of esters is 1. The summed E-state index contributed by atoms with van der Waals surface area (Å²) in [7, 11) is 1.74. The zero-order valence-corrected chi connectivity index (χ0v) is 9.52. The molecule has 15 heavy (non-hydrogen) atoms. The predicted octanol–water partition coefficient (Wildman–Crippen LogP) is 0.762. The molecular weight excluding hydrogens is 194 g/mol. The van der Waals surface area contributed by atoms with Crippen LogP contribution >= 0.6 is 0 Å². The van der Waals surface area contributed by atoms with E-state index in [4.69, 9.17) is 10.5 Å². The molecule has 0 aliphatic carbocycles. The van der Waals surface area contributed by atoms with Gasteiger partial charge in [0.05, 0.1) is 5.69 Å². The first-order chi connectivity index (χ1) is 6.81. The van der Waals surface area contributed by atoms with Crippen LogP contribution in [-0.4, -0.2) is 21.4 Å². The van der Waals surface area contributed by atoms with Gasteiger partial charge in [-0.05, 0) is 26.8 Å². The van der Waals surface area contributed by atoms with Crippen molar-refractivity contribution in [3.05, 3.63) is 18.0 Å². The number of nitrogens with zero attached hydrogens (tertiary/aromatic N) is 2. The Kier molecular flexibility index (Phi) is 3.14. The number of ether oxygens (including phenoxy) is 1. The molecule has 0 saturated heterocycles. The SMILES string of the molecule is Cn1nccc1[C@@H](N)C(=O)OC(C)(C)C. The first-order valence-corrected chi connectivity index (χ1v) is 4.77. The lowest BCUT2D eigenvalue weighted by molar-refractivity contribution is -0.156. The van der Waals surface area contributed by atoms with E-state index in [0.29, 0.717) is 5.69 Å². The number of aromatic nitrogens is 2. The molecule has 2 N–H and O–H groups in total. The van der Waals surface area contributed by atoms with Gasteiger partial charge >= 0.3 is 5.97 Å². The number of rotatable bonds is 2. The number of aryl methyl sites for hydroxylation is 1. The van der Waals surface area contributed by atoms with Crippen LogP contribution in [0, 0.1) is 0 Å². The van der Waals surface area contributed by atoms with Gasteiger partial charge in [0.2, 0.25) is 0 Å². The van der Waals surface area contributed by atoms with Crippen molar-refractivity contribution in [3.63, 3.8) is 0 Å². The van der Waals surface area contributed by atoms with Gasteiger partial charge in [-0.3, -0.25) is 4.68 Å². The summed E-state index contributed by atoms with van der Waals surface area (Å²) in [4.78, 5) is 11.6. The topological polar surface area (TPSA) is 70.1 Å². The molecule has 0 aliphatic heterocycles. The minimum Gasteiger partial charge on any atom is -0.459 e. The highest BCUT2D eigenvalue weighted by atomic mass is 16.6. The molecule has 0 aliphatic rings. The van der Waals surface area contributed by atoms with E-state index >= 15 is 0 Å². The Morgan fingerprint density at radius 1 is 1.60 bits per heavy atom. The maximum absolute atomic E-state index is 11.6. The van der Waals surface area contributed by atoms with Crippen molar-refractivity contribution in [1.29, 1.82) is 0 Å². The minimum absolute atomic E-state index is 0.439. The van der Waals surface area contributed by atoms with Gasteiger partial charge in [-0.15, -0.1) is 0 Å². The molecule has 5 heteroatoms. The Balaban J connectivity index is 2.74. The quantitative estimate of drug-likeness (QED) is 0.733. The third-order valence-electron chi connectivity index (χ3n) is 1.84. The van der Waals surface area contributed by atoms with Gasteiger partial charge in [0.1, 0.15) is 11.6 Å². The second-order valence-electron chi connectivity index (χ2n) is 4.39. The molecule has 0 fully saturated rings. The standard InChI is InChI=1S/C10H17N3O2/c1-10(2,3)15-9(14)8(11)7-5-6-12-13(7)4/h5-6,8H,11H2,1-4H3/t8-/m1/s1. The Bertz CT molecular complexity index is 352. The van der Waals surface area contributed by atoms with Crippen LogP contribution in [0.3, 0.4) is 0 Å². The molecule has 1 atom stereocenters. The van der Waals surface area contributed by atoms with E-state index in [9.17, 15) is 4.79 Å². The number of hydrogen-bond acceptors (Lipinski definition) is 4. The van der Waals surface area contributed by atoms with E-state index < -0.39 is 17.6 Å². The minimum atomic E-state index is -0.781. The lowest BCUT2D eigenvalue weighted by Gasteiger charge is -2.22. The third-order valence-corrected chi connectivity index (χ3v) is 1.84. The summed E-state index contributed by atoms with van der Waals surface area (Å²) in [5.74, 6) is -0.439. The monoisotopic (exact) mass is 211 g/mol. The summed E-state index contributed by atoms with van der Waals surface area (Å²) in [6.07, 6.45) is 1.60. The second kappa shape index (κ2) is 4.02. The summed E-state index contributed by atoms with van der Waals surface area (Å²) in [6, 6.07) is 0.922. The van der Waals surface area contributed by atoms with Crippen LogP contribution in [0.15, 0.2) is 12.3 Å². The highest BCUT2D eigenvalue weighted by Crippen LogP contribution is 2.15. The van der Waals surface area contributed by atoms with Crippen LogP contribution in [0.4, 0.5) is 0 Å². The van der Waals surface area contributed by atoms with Crippen molar-refractivity contribution in [1.82, 2.24) is 9.78 Å². The van der Waals surface area contributed by atoms with Gasteiger partial charge in [0, 0.05) is 13.2 Å². The number of nitrogens with two attached hydrogens (primary N) is 1. The molecule has 1 aromatic rings. The second-order valence-corrected chi connectivity index (χ2v) is 4.39. The van der Waals surface area contributed by atoms with E-state index in [2.05, 4.69) is 5.10 Å². The molecule has 0 aromatic carbocycles. The molecule has 1 aromatic heterocycles. The fourth-order valence-corrected chi connectivity index (χ4v) is 1.18. The van der Waals surface area contributed by atoms with E-state index in [1.807, 2.05) is 0 Å². The largest absolute Gasteiger partial charge is 0.459 e. The number of carbonyl (C=O) groups is 1. The average Bonchev–Trinajstić information content (AvgIpc) is 2.47. The van der Waals surface area contributed by atoms with E-state index in [1.54, 1.807) is 44.8 Å². The van der Waals surface area contributed by atoms with Gasteiger partial charge in [0.15, 0.2) is 0 Å². The summed E-state index contributed by atoms with van der Waals surface area (Å²) in [5, 5.41) is 3.95. The highest BCUT2D eigenvalue weighted by molar-refractivity contribution is 5.77. The van der Waals surface area contributed by atoms with Gasteiger partial charge < -0.3 is 10.5 Å². The Hall–Kier alpha value is -1.36. The van der Waals surface area contributed by atoms with Crippen molar-refractivity contribution in [2.45, 2.75) is 32.4 Å². The molecule has 1 heterocycles. The van der Waals surface area contributed by atoms with Crippen LogP contribution in [-0.2, 0) is 16.6 Å². The summed E-state index contributed by atoms with van der Waals surface area (Å²) < 4.78 is 6.74. The van der Waals surface area contributed by atoms with Crippen LogP contribution in [0.5, 0.6) is 0 Å². The molecule has 0 unspecified atom stereocenters. The predicted molar refractivity (Wildman–Crippen MR) is 56.0 cm³/mol. The lowest BCUT2D eigenvalue weighted by Crippen LogP contribution is -2.32. The Morgan fingerprint density at radius 3 is 2.60 bits per heavy atom. The maximum atomic E-state index is 11.6. The molecule has 0 amide bonds. The van der Waals surface area contributed by atoms with Gasteiger partial charge in [-0.1, -0.05) is 0 Å². The van der Waals surface area contributed by atoms with Crippen molar-refractivity contribution in [2.24, 2.45) is 12.8 Å². The van der Waals surface area contributed by atoms with E-state index in [1.165, 1.54) is 0 Å². The highest BCUT2D eigenvalue weighted by Gasteiger charge is 2.25. The van der Waals surface area contributed by atoms with Gasteiger partial charge in [0.25, 0.3) is 0 Å². The molecule has 0 saturated carbocycles. The smallest absolute Gasteiger partial charge is 0.329 e. The number of hydrogen-bond donors (Lipinski definition) is 1. The molecule has 84 valence electrons. The first-order valence-electron chi connectivity index (χ1n) is 4.77. The van der Waals surface area contributed by atoms with Crippen LogP contribution < -0.4 is 5.73 Å². The van der Waals surface area contributed by atoms with Crippen LogP contribution in [0.25, 0.3) is 0 Å². The van der Waals surface area contributed by atoms with E-state index in [0.717, 1.165) is 0 Å². The van der Waals surface area contributed by atoms with Crippen LogP contribution in [0.1, 0.15) is 32.5 Å². The van der Waals surface area contributed by atoms with E-state index in [-0.39, 0.29) is 0 Å². The Morgan fingerprint density at radius 2 is 2.20 bits per heavy atom. The summed E-state index contributed by atoms with van der Waals surface area (Å²) in [5.41, 5.74) is 5.88. The molecule has 5 nitrogen and oxygen atoms in total. The summed E-state index contributed by atoms with van der Waals surface area (Å²) >= 11 is 0. The van der Waals surface area contributed by atoms with Crippen molar-refractivity contribution in [2.75, 3.05) is 0 Å². The third kappa shape index (κ3) is 3.06. The zero-order chi connectivity index (χ0) is 11.6. The number of carbonyl (C=O) groups excluding carboxylic acids is 1. The summed E-state index contributed by atoms with van der Waals surface area (Å²) in [6.45, 7) is 5.42. The lowest BCUT2D eigenvalue weighted by atomic mass is 10.1. The Labute approximate surface area is 89.2 Å². The van der Waals surface area contributed by atoms with Crippen molar-refractivity contribution >= 4 is 5.97 Å². The van der Waals surface area contributed by atoms with Crippen molar-refractivity contribution < 1.29 is 9.53 Å². The molecule has 0 spiro atoms. The molecule has 0 bridgehead atoms.